The summed E-state index contributed by atoms with van der Waals surface area (Å²) >= 11 is 0. The summed E-state index contributed by atoms with van der Waals surface area (Å²) in [6.45, 7) is 4.03. The van der Waals surface area contributed by atoms with Crippen LogP contribution in [-0.4, -0.2) is 11.8 Å². The highest BCUT2D eigenvalue weighted by molar-refractivity contribution is 5.64. The Kier molecular flexibility index (Phi) is 2.86. The summed E-state index contributed by atoms with van der Waals surface area (Å²) in [4.78, 5) is 11.3. The van der Waals surface area contributed by atoms with Crippen molar-refractivity contribution in [3.05, 3.63) is 35.9 Å². The van der Waals surface area contributed by atoms with E-state index < -0.39 is 11.8 Å². The Balaban J connectivity index is 2.36. The Morgan fingerprint density at radius 3 is 2.38 bits per heavy atom. The lowest BCUT2D eigenvalue weighted by Gasteiger charge is -2.28. The fraction of sp³-hybridized carbons (Fsp3) is 0.462. The van der Waals surface area contributed by atoms with Gasteiger partial charge >= 0.3 is 6.16 Å². The van der Waals surface area contributed by atoms with Gasteiger partial charge in [0, 0.05) is 0 Å². The van der Waals surface area contributed by atoms with Crippen molar-refractivity contribution in [3.8, 4) is 0 Å². The van der Waals surface area contributed by atoms with Gasteiger partial charge in [-0.2, -0.15) is 0 Å². The minimum absolute atomic E-state index is 0.281. The molecule has 3 nitrogen and oxygen atoms in total. The van der Waals surface area contributed by atoms with Crippen molar-refractivity contribution < 1.29 is 14.3 Å². The van der Waals surface area contributed by atoms with Crippen LogP contribution in [0.5, 0.6) is 0 Å². The maximum absolute atomic E-state index is 11.3. The molecule has 0 aromatic heterocycles. The summed E-state index contributed by atoms with van der Waals surface area (Å²) in [5.41, 5.74) is 0.496. The molecule has 1 fully saturated rings. The van der Waals surface area contributed by atoms with E-state index in [2.05, 4.69) is 0 Å². The number of carbonyl (C=O) groups excluding carboxylic acids is 1. The van der Waals surface area contributed by atoms with Crippen molar-refractivity contribution in [2.24, 2.45) is 0 Å². The molecule has 1 unspecified atom stereocenters. The molecular weight excluding hydrogens is 204 g/mol. The number of carbonyl (C=O) groups is 1. The van der Waals surface area contributed by atoms with Gasteiger partial charge in [0.05, 0.1) is 0 Å². The van der Waals surface area contributed by atoms with Crippen LogP contribution in [0.2, 0.25) is 0 Å². The Morgan fingerprint density at radius 2 is 1.81 bits per heavy atom. The van der Waals surface area contributed by atoms with Gasteiger partial charge in [-0.1, -0.05) is 44.2 Å². The van der Waals surface area contributed by atoms with E-state index in [-0.39, 0.29) is 6.10 Å². The molecule has 1 aliphatic heterocycles. The van der Waals surface area contributed by atoms with Crippen LogP contribution in [0, 0.1) is 0 Å². The number of hydrogen-bond donors (Lipinski definition) is 0. The van der Waals surface area contributed by atoms with E-state index in [0.29, 0.717) is 0 Å². The molecule has 0 spiro atoms. The first-order valence-electron chi connectivity index (χ1n) is 5.66. The molecule has 0 N–H and O–H groups in total. The molecule has 1 aromatic rings. The molecule has 3 heteroatoms. The van der Waals surface area contributed by atoms with Crippen LogP contribution >= 0.6 is 0 Å². The second kappa shape index (κ2) is 4.16. The molecule has 0 radical (unpaired) electrons. The summed E-state index contributed by atoms with van der Waals surface area (Å²) < 4.78 is 10.6. The first-order chi connectivity index (χ1) is 7.72. The predicted molar refractivity (Wildman–Crippen MR) is 60.1 cm³/mol. The van der Waals surface area contributed by atoms with Crippen molar-refractivity contribution in [2.75, 3.05) is 0 Å². The van der Waals surface area contributed by atoms with Gasteiger partial charge < -0.3 is 9.47 Å². The second-order valence-corrected chi connectivity index (χ2v) is 4.03. The summed E-state index contributed by atoms with van der Waals surface area (Å²) in [7, 11) is 0. The van der Waals surface area contributed by atoms with E-state index in [1.165, 1.54) is 0 Å². The minimum Gasteiger partial charge on any atom is -0.423 e. The first-order valence-corrected chi connectivity index (χ1v) is 5.66. The molecule has 16 heavy (non-hydrogen) atoms. The quantitative estimate of drug-likeness (QED) is 0.732. The number of cyclic esters (lactones) is 2. The van der Waals surface area contributed by atoms with Gasteiger partial charge in [0.2, 0.25) is 0 Å². The third-order valence-electron chi connectivity index (χ3n) is 3.28. The van der Waals surface area contributed by atoms with E-state index in [0.717, 1.165) is 18.4 Å². The highest BCUT2D eigenvalue weighted by atomic mass is 16.8. The zero-order chi connectivity index (χ0) is 11.6. The lowest BCUT2D eigenvalue weighted by molar-refractivity contribution is 0.0202. The van der Waals surface area contributed by atoms with E-state index in [1.54, 1.807) is 0 Å². The molecule has 0 bridgehead atoms. The number of hydrogen-bond acceptors (Lipinski definition) is 3. The van der Waals surface area contributed by atoms with Crippen LogP contribution in [0.25, 0.3) is 0 Å². The maximum Gasteiger partial charge on any atom is 0.509 e. The van der Waals surface area contributed by atoms with Gasteiger partial charge in [0.1, 0.15) is 0 Å². The van der Waals surface area contributed by atoms with Crippen molar-refractivity contribution in [2.45, 2.75) is 38.4 Å². The highest BCUT2D eigenvalue weighted by Crippen LogP contribution is 2.43. The third-order valence-corrected chi connectivity index (χ3v) is 3.28. The average molecular weight is 220 g/mol. The van der Waals surface area contributed by atoms with Gasteiger partial charge in [-0.25, -0.2) is 4.79 Å². The number of benzene rings is 1. The summed E-state index contributed by atoms with van der Waals surface area (Å²) in [5, 5.41) is 0. The van der Waals surface area contributed by atoms with Crippen molar-refractivity contribution in [3.63, 3.8) is 0 Å². The van der Waals surface area contributed by atoms with Crippen molar-refractivity contribution in [1.29, 1.82) is 0 Å². The number of rotatable bonds is 3. The number of ether oxygens (including phenoxy) is 2. The van der Waals surface area contributed by atoms with Crippen molar-refractivity contribution >= 4 is 6.16 Å². The fourth-order valence-electron chi connectivity index (χ4n) is 2.21. The van der Waals surface area contributed by atoms with Crippen molar-refractivity contribution in [1.82, 2.24) is 0 Å². The van der Waals surface area contributed by atoms with Gasteiger partial charge in [0.25, 0.3) is 0 Å². The van der Waals surface area contributed by atoms with Crippen LogP contribution in [0.4, 0.5) is 4.79 Å². The third kappa shape index (κ3) is 1.66. The van der Waals surface area contributed by atoms with Crippen LogP contribution in [-0.2, 0) is 9.47 Å². The molecule has 1 aliphatic rings. The average Bonchev–Trinajstić information content (AvgIpc) is 2.68. The lowest BCUT2D eigenvalue weighted by Crippen LogP contribution is -2.32. The van der Waals surface area contributed by atoms with E-state index >= 15 is 0 Å². The molecule has 2 rings (SSSR count). The Hall–Kier alpha value is -1.51. The standard InChI is InChI=1S/C13H16O3/c1-3-13(4-2)11(15-12(14)16-13)10-8-6-5-7-9-10/h5-9,11H,3-4H2,1-2H3. The van der Waals surface area contributed by atoms with Gasteiger partial charge in [-0.05, 0) is 18.4 Å². The smallest absolute Gasteiger partial charge is 0.423 e. The summed E-state index contributed by atoms with van der Waals surface area (Å²) in [5.74, 6) is 0. The first kappa shape index (κ1) is 11.0. The van der Waals surface area contributed by atoms with Gasteiger partial charge in [0.15, 0.2) is 11.7 Å². The lowest BCUT2D eigenvalue weighted by atomic mass is 9.86. The van der Waals surface area contributed by atoms with E-state index in [9.17, 15) is 4.79 Å². The van der Waals surface area contributed by atoms with E-state index in [4.69, 9.17) is 9.47 Å². The Bertz CT molecular complexity index is 368. The minimum atomic E-state index is -0.558. The summed E-state index contributed by atoms with van der Waals surface area (Å²) in [6.07, 6.45) is 0.678. The molecule has 0 aliphatic carbocycles. The predicted octanol–water partition coefficient (Wildman–Crippen LogP) is 3.45. The van der Waals surface area contributed by atoms with Crippen LogP contribution in [0.15, 0.2) is 30.3 Å². The topological polar surface area (TPSA) is 35.5 Å². The second-order valence-electron chi connectivity index (χ2n) is 4.03. The van der Waals surface area contributed by atoms with Gasteiger partial charge in [-0.3, -0.25) is 0 Å². The maximum atomic E-state index is 11.3. The molecule has 1 atom stereocenters. The molecule has 0 saturated carbocycles. The SMILES string of the molecule is CCC1(CC)OC(=O)OC1c1ccccc1. The largest absolute Gasteiger partial charge is 0.509 e. The molecule has 1 heterocycles. The fourth-order valence-corrected chi connectivity index (χ4v) is 2.21. The molecule has 0 amide bonds. The zero-order valence-corrected chi connectivity index (χ0v) is 9.60. The van der Waals surface area contributed by atoms with Crippen LogP contribution in [0.1, 0.15) is 38.4 Å². The van der Waals surface area contributed by atoms with Gasteiger partial charge in [-0.15, -0.1) is 0 Å². The van der Waals surface area contributed by atoms with Crippen LogP contribution < -0.4 is 0 Å². The molecule has 1 aromatic carbocycles. The molecular formula is C13H16O3. The molecule has 1 saturated heterocycles. The highest BCUT2D eigenvalue weighted by Gasteiger charge is 2.49. The summed E-state index contributed by atoms with van der Waals surface area (Å²) in [6, 6.07) is 9.76. The Labute approximate surface area is 95.4 Å². The zero-order valence-electron chi connectivity index (χ0n) is 9.60. The normalized spacial score (nSPS) is 22.6. The van der Waals surface area contributed by atoms with E-state index in [1.807, 2.05) is 44.2 Å². The van der Waals surface area contributed by atoms with Crippen LogP contribution in [0.3, 0.4) is 0 Å². The Morgan fingerprint density at radius 1 is 1.19 bits per heavy atom. The molecule has 86 valence electrons. The monoisotopic (exact) mass is 220 g/mol.